The quantitative estimate of drug-likeness (QED) is 0.507. The van der Waals surface area contributed by atoms with Gasteiger partial charge in [-0.25, -0.2) is 17.1 Å². The molecule has 5 fully saturated rings. The number of nitrogens with one attached hydrogen (secondary N) is 2. The third-order valence-corrected chi connectivity index (χ3v) is 12.9. The summed E-state index contributed by atoms with van der Waals surface area (Å²) in [6, 6.07) is 8.70. The molecule has 1 aromatic carbocycles. The van der Waals surface area contributed by atoms with Crippen molar-refractivity contribution in [2.75, 3.05) is 13.1 Å². The van der Waals surface area contributed by atoms with Crippen molar-refractivity contribution in [2.45, 2.75) is 87.1 Å². The van der Waals surface area contributed by atoms with Crippen LogP contribution >= 0.6 is 0 Å². The number of hydrogen-bond donors (Lipinski definition) is 2. The van der Waals surface area contributed by atoms with Crippen LogP contribution < -0.4 is 10.6 Å². The molecule has 0 radical (unpaired) electrons. The number of benzene rings is 1. The average molecular weight is 557 g/mol. The number of piperidine rings is 1. The van der Waals surface area contributed by atoms with Crippen LogP contribution in [0.2, 0.25) is 0 Å². The highest BCUT2D eigenvalue weighted by molar-refractivity contribution is 7.90. The van der Waals surface area contributed by atoms with Gasteiger partial charge < -0.3 is 15.2 Å². The number of aromatic nitrogens is 1. The van der Waals surface area contributed by atoms with Gasteiger partial charge >= 0.3 is 0 Å². The summed E-state index contributed by atoms with van der Waals surface area (Å²) >= 11 is 0. The second-order valence-electron chi connectivity index (χ2n) is 12.7. The van der Waals surface area contributed by atoms with E-state index in [4.69, 9.17) is 4.52 Å². The summed E-state index contributed by atoms with van der Waals surface area (Å²) in [5.74, 6) is 1.73. The standard InChI is InChI=1S/C29H37FN4O4S/c1-17(18-4-6-22(30)7-5-18)31-23-8-10-34(11-9-23)39(36,37)29-15-20-12-24(13-21(16-29)27(20)29)32-28(35)25-14-26(38-33-25)19-2-3-19/h4-7,14,17,19-21,23-24,27,31H,2-3,8-13,15-16H2,1H3,(H,32,35)/t17-,20-,21+,24?,27?,29?/m0/s1. The molecule has 39 heavy (non-hydrogen) atoms. The van der Waals surface area contributed by atoms with Crippen LogP contribution in [-0.2, 0) is 10.0 Å². The first-order valence-electron chi connectivity index (χ1n) is 14.5. The normalized spacial score (nSPS) is 33.5. The Bertz CT molecular complexity index is 1330. The van der Waals surface area contributed by atoms with Crippen molar-refractivity contribution in [3.05, 3.63) is 53.2 Å². The summed E-state index contributed by atoms with van der Waals surface area (Å²) in [5.41, 5.74) is 1.38. The zero-order chi connectivity index (χ0) is 26.9. The average Bonchev–Trinajstić information content (AvgIpc) is 3.62. The molecular formula is C29H37FN4O4S. The molecule has 7 rings (SSSR count). The highest BCUT2D eigenvalue weighted by Crippen LogP contribution is 2.69. The molecular weight excluding hydrogens is 519 g/mol. The van der Waals surface area contributed by atoms with Gasteiger partial charge in [0.2, 0.25) is 10.0 Å². The fourth-order valence-corrected chi connectivity index (χ4v) is 10.9. The Morgan fingerprint density at radius 2 is 1.74 bits per heavy atom. The molecule has 10 heteroatoms. The second-order valence-corrected chi connectivity index (χ2v) is 14.9. The Balaban J connectivity index is 0.921. The van der Waals surface area contributed by atoms with Gasteiger partial charge in [-0.3, -0.25) is 4.79 Å². The van der Waals surface area contributed by atoms with Crippen molar-refractivity contribution < 1.29 is 22.1 Å². The van der Waals surface area contributed by atoms with Gasteiger partial charge in [-0.15, -0.1) is 0 Å². The fraction of sp³-hybridized carbons (Fsp3) is 0.655. The number of carbonyl (C=O) groups is 1. The van der Waals surface area contributed by atoms with Crippen molar-refractivity contribution in [2.24, 2.45) is 17.8 Å². The second kappa shape index (κ2) is 9.38. The van der Waals surface area contributed by atoms with Crippen LogP contribution in [0.5, 0.6) is 0 Å². The maximum atomic E-state index is 13.9. The summed E-state index contributed by atoms with van der Waals surface area (Å²) in [4.78, 5) is 12.8. The smallest absolute Gasteiger partial charge is 0.273 e. The van der Waals surface area contributed by atoms with Gasteiger partial charge in [0.05, 0.1) is 4.75 Å². The molecule has 6 atom stereocenters. The Labute approximate surface area is 229 Å². The summed E-state index contributed by atoms with van der Waals surface area (Å²) in [6.07, 6.45) is 6.83. The van der Waals surface area contributed by atoms with Gasteiger partial charge in [-0.1, -0.05) is 17.3 Å². The number of sulfonamides is 1. The number of nitrogens with zero attached hydrogens (tertiary/aromatic N) is 2. The zero-order valence-electron chi connectivity index (χ0n) is 22.3. The molecule has 2 aromatic rings. The van der Waals surface area contributed by atoms with Crippen molar-refractivity contribution >= 4 is 15.9 Å². The summed E-state index contributed by atoms with van der Waals surface area (Å²) in [6.45, 7) is 3.15. The number of carbonyl (C=O) groups excluding carboxylic acids is 1. The molecule has 0 bridgehead atoms. The van der Waals surface area contributed by atoms with Crippen LogP contribution in [0.25, 0.3) is 0 Å². The van der Waals surface area contributed by atoms with Gasteiger partial charge in [0.15, 0.2) is 5.69 Å². The van der Waals surface area contributed by atoms with E-state index >= 15 is 0 Å². The highest BCUT2D eigenvalue weighted by atomic mass is 32.2. The van der Waals surface area contributed by atoms with Crippen LogP contribution in [0.1, 0.15) is 92.1 Å². The highest BCUT2D eigenvalue weighted by Gasteiger charge is 2.73. The van der Waals surface area contributed by atoms with E-state index in [0.29, 0.717) is 49.4 Å². The third kappa shape index (κ3) is 4.34. The number of halogens is 1. The van der Waals surface area contributed by atoms with Gasteiger partial charge in [0.1, 0.15) is 11.6 Å². The molecule has 0 spiro atoms. The van der Waals surface area contributed by atoms with Crippen molar-refractivity contribution in [3.8, 4) is 0 Å². The number of amides is 1. The topological polar surface area (TPSA) is 105 Å². The minimum absolute atomic E-state index is 0.0655. The monoisotopic (exact) mass is 556 g/mol. The van der Waals surface area contributed by atoms with Crippen LogP contribution in [0.3, 0.4) is 0 Å². The van der Waals surface area contributed by atoms with Gasteiger partial charge in [0, 0.05) is 43.2 Å². The van der Waals surface area contributed by atoms with E-state index in [-0.39, 0.29) is 35.8 Å². The van der Waals surface area contributed by atoms with E-state index < -0.39 is 14.8 Å². The van der Waals surface area contributed by atoms with E-state index in [1.807, 2.05) is 0 Å². The molecule has 2 N–H and O–H groups in total. The molecule has 1 amide bonds. The largest absolute Gasteiger partial charge is 0.360 e. The van der Waals surface area contributed by atoms with Crippen LogP contribution in [0.15, 0.2) is 34.9 Å². The summed E-state index contributed by atoms with van der Waals surface area (Å²) < 4.78 is 47.4. The molecule has 3 unspecified atom stereocenters. The van der Waals surface area contributed by atoms with E-state index in [1.165, 1.54) is 12.1 Å². The number of hydrogen-bond acceptors (Lipinski definition) is 6. The molecule has 1 saturated heterocycles. The molecule has 210 valence electrons. The summed E-state index contributed by atoms with van der Waals surface area (Å²) in [7, 11) is -3.37. The first-order valence-corrected chi connectivity index (χ1v) is 16.0. The van der Waals surface area contributed by atoms with Crippen molar-refractivity contribution in [3.63, 3.8) is 0 Å². The van der Waals surface area contributed by atoms with Crippen LogP contribution in [-0.4, -0.2) is 53.7 Å². The van der Waals surface area contributed by atoms with Crippen LogP contribution in [0, 0.1) is 23.6 Å². The first kappa shape index (κ1) is 25.7. The lowest BCUT2D eigenvalue weighted by molar-refractivity contribution is -0.108. The Morgan fingerprint density at radius 1 is 1.08 bits per heavy atom. The predicted octanol–water partition coefficient (Wildman–Crippen LogP) is 4.12. The van der Waals surface area contributed by atoms with Crippen molar-refractivity contribution in [1.29, 1.82) is 0 Å². The van der Waals surface area contributed by atoms with Crippen LogP contribution in [0.4, 0.5) is 4.39 Å². The molecule has 5 aliphatic rings. The van der Waals surface area contributed by atoms with Gasteiger partial charge in [-0.2, -0.15) is 0 Å². The zero-order valence-corrected chi connectivity index (χ0v) is 23.1. The molecule has 1 aliphatic heterocycles. The van der Waals surface area contributed by atoms with E-state index in [9.17, 15) is 17.6 Å². The maximum Gasteiger partial charge on any atom is 0.273 e. The molecule has 2 heterocycles. The molecule has 8 nitrogen and oxygen atoms in total. The van der Waals surface area contributed by atoms with E-state index in [1.54, 1.807) is 22.5 Å². The predicted molar refractivity (Wildman–Crippen MR) is 143 cm³/mol. The Kier molecular flexibility index (Phi) is 6.17. The maximum absolute atomic E-state index is 13.9. The third-order valence-electron chi connectivity index (χ3n) is 10.3. The summed E-state index contributed by atoms with van der Waals surface area (Å²) in [5, 5.41) is 10.7. The lowest BCUT2D eigenvalue weighted by Crippen LogP contribution is -2.75. The minimum atomic E-state index is -3.37. The van der Waals surface area contributed by atoms with Crippen molar-refractivity contribution in [1.82, 2.24) is 20.1 Å². The van der Waals surface area contributed by atoms with Gasteiger partial charge in [-0.05, 0) is 93.7 Å². The Hall–Kier alpha value is -2.30. The first-order chi connectivity index (χ1) is 18.7. The number of rotatable bonds is 8. The SMILES string of the molecule is C[C@H](NC1CCN(S(=O)(=O)C23C[C@H]4CC(NC(=O)c5cc(C6CC6)on5)C[C@@H](C2)C43)CC1)c1ccc(F)cc1. The van der Waals surface area contributed by atoms with E-state index in [0.717, 1.165) is 49.8 Å². The molecule has 4 aliphatic carbocycles. The molecule has 1 aromatic heterocycles. The lowest BCUT2D eigenvalue weighted by Gasteiger charge is -2.70. The Morgan fingerprint density at radius 3 is 2.38 bits per heavy atom. The molecule has 4 saturated carbocycles. The lowest BCUT2D eigenvalue weighted by atomic mass is 9.42. The van der Waals surface area contributed by atoms with Gasteiger partial charge in [0.25, 0.3) is 5.91 Å². The fourth-order valence-electron chi connectivity index (χ4n) is 8.14. The van der Waals surface area contributed by atoms with E-state index in [2.05, 4.69) is 22.7 Å². The minimum Gasteiger partial charge on any atom is -0.360 e.